The molecular formula is C24H30F2N4O3. The summed E-state index contributed by atoms with van der Waals surface area (Å²) in [5.41, 5.74) is 3.62. The van der Waals surface area contributed by atoms with Gasteiger partial charge in [0.1, 0.15) is 5.82 Å². The molecule has 3 aliphatic rings. The van der Waals surface area contributed by atoms with Crippen molar-refractivity contribution in [2.45, 2.75) is 44.9 Å². The van der Waals surface area contributed by atoms with Crippen molar-refractivity contribution in [1.82, 2.24) is 4.98 Å². The zero-order chi connectivity index (χ0) is 22.8. The second kappa shape index (κ2) is 9.61. The van der Waals surface area contributed by atoms with Crippen LogP contribution in [0.4, 0.5) is 31.7 Å². The molecule has 1 aromatic carbocycles. The number of alkyl halides is 2. The van der Waals surface area contributed by atoms with E-state index >= 15 is 0 Å². The van der Waals surface area contributed by atoms with Crippen molar-refractivity contribution in [3.63, 3.8) is 0 Å². The summed E-state index contributed by atoms with van der Waals surface area (Å²) in [7, 11) is 0. The van der Waals surface area contributed by atoms with Crippen LogP contribution in [0, 0.1) is 5.92 Å². The van der Waals surface area contributed by atoms with E-state index in [9.17, 15) is 13.6 Å². The Morgan fingerprint density at radius 1 is 1.18 bits per heavy atom. The lowest BCUT2D eigenvalue weighted by molar-refractivity contribution is -0.171. The Bertz CT molecular complexity index is 998. The number of rotatable bonds is 4. The number of morpholine rings is 1. The summed E-state index contributed by atoms with van der Waals surface area (Å²) >= 11 is 0. The van der Waals surface area contributed by atoms with Crippen LogP contribution < -0.4 is 15.1 Å². The van der Waals surface area contributed by atoms with Crippen molar-refractivity contribution in [2.75, 3.05) is 41.4 Å². The molecule has 178 valence electrons. The molecule has 0 atom stereocenters. The van der Waals surface area contributed by atoms with E-state index in [1.54, 1.807) is 6.20 Å². The number of benzene rings is 1. The third-order valence-corrected chi connectivity index (χ3v) is 6.71. The molecule has 1 aromatic heterocycles. The molecule has 0 spiro atoms. The first-order valence-electron chi connectivity index (χ1n) is 11.5. The fraction of sp³-hybridized carbons (Fsp3) is 0.500. The highest BCUT2D eigenvalue weighted by atomic mass is 19.3. The van der Waals surface area contributed by atoms with Gasteiger partial charge in [-0.25, -0.2) is 4.98 Å². The van der Waals surface area contributed by atoms with Crippen LogP contribution in [0.5, 0.6) is 0 Å². The maximum absolute atomic E-state index is 13.8. The van der Waals surface area contributed by atoms with Gasteiger partial charge in [0.05, 0.1) is 37.2 Å². The Labute approximate surface area is 193 Å². The largest absolute Gasteiger partial charge is 0.378 e. The summed E-state index contributed by atoms with van der Waals surface area (Å²) < 4.78 is 35.3. The molecule has 0 radical (unpaired) electrons. The Kier molecular flexibility index (Phi) is 6.41. The van der Waals surface area contributed by atoms with Crippen molar-refractivity contribution in [3.8, 4) is 0 Å². The van der Waals surface area contributed by atoms with Crippen molar-refractivity contribution in [3.05, 3.63) is 42.1 Å². The molecule has 1 saturated carbocycles. The van der Waals surface area contributed by atoms with E-state index in [1.807, 2.05) is 23.1 Å². The van der Waals surface area contributed by atoms with Gasteiger partial charge in [-0.1, -0.05) is 6.07 Å². The second-order valence-corrected chi connectivity index (χ2v) is 8.73. The molecule has 5 rings (SSSR count). The number of amides is 1. The summed E-state index contributed by atoms with van der Waals surface area (Å²) in [4.78, 5) is 22.3. The van der Waals surface area contributed by atoms with Crippen LogP contribution in [-0.2, 0) is 20.8 Å². The summed E-state index contributed by atoms with van der Waals surface area (Å²) in [6.45, 7) is 0.594. The van der Waals surface area contributed by atoms with Gasteiger partial charge < -0.3 is 24.6 Å². The van der Waals surface area contributed by atoms with Crippen LogP contribution in [-0.4, -0.2) is 49.9 Å². The number of nitrogens with zero attached hydrogens (tertiary/aromatic N) is 3. The molecule has 2 fully saturated rings. The van der Waals surface area contributed by atoms with Gasteiger partial charge in [-0.15, -0.1) is 0 Å². The number of carbonyl (C=O) groups is 1. The van der Waals surface area contributed by atoms with E-state index < -0.39 is 12.7 Å². The molecule has 0 bridgehead atoms. The molecule has 0 unspecified atom stereocenters. The zero-order valence-electron chi connectivity index (χ0n) is 18.4. The predicted octanol–water partition coefficient (Wildman–Crippen LogP) is 4.55. The van der Waals surface area contributed by atoms with E-state index in [4.69, 9.17) is 4.74 Å². The number of anilines is 4. The third-order valence-electron chi connectivity index (χ3n) is 6.71. The molecule has 2 aromatic rings. The lowest BCUT2D eigenvalue weighted by Gasteiger charge is -2.33. The molecule has 1 N–H and O–H groups in total. The molecule has 9 heteroatoms. The van der Waals surface area contributed by atoms with Crippen LogP contribution in [0.25, 0.3) is 0 Å². The lowest BCUT2D eigenvalue weighted by Crippen LogP contribution is -2.39. The van der Waals surface area contributed by atoms with Crippen LogP contribution in [0.3, 0.4) is 0 Å². The second-order valence-electron chi connectivity index (χ2n) is 8.73. The topological polar surface area (TPSA) is 66.9 Å². The quantitative estimate of drug-likeness (QED) is 0.722. The molecule has 33 heavy (non-hydrogen) atoms. The first-order chi connectivity index (χ1) is 16.1. The van der Waals surface area contributed by atoms with Gasteiger partial charge in [0, 0.05) is 37.9 Å². The highest BCUT2D eigenvalue weighted by Gasteiger charge is 2.34. The molecule has 1 saturated heterocycles. The number of hydrogen-bond acceptors (Lipinski definition) is 6. The SMILES string of the molecule is O=C(C1CCC(OC(F)F)CC1)N1Cc2cccnc2Nc2ccc(N3CCOCC3)cc21.[HH]. The number of hydrogen-bond donors (Lipinski definition) is 1. The number of pyridine rings is 1. The molecule has 1 aliphatic carbocycles. The fourth-order valence-electron chi connectivity index (χ4n) is 4.94. The number of halogens is 2. The molecule has 2 aliphatic heterocycles. The monoisotopic (exact) mass is 460 g/mol. The average Bonchev–Trinajstić information content (AvgIpc) is 3.00. The summed E-state index contributed by atoms with van der Waals surface area (Å²) in [6, 6.07) is 9.95. The minimum atomic E-state index is -2.77. The molecule has 3 heterocycles. The lowest BCUT2D eigenvalue weighted by atomic mass is 9.86. The Hall–Kier alpha value is -2.78. The van der Waals surface area contributed by atoms with E-state index in [2.05, 4.69) is 32.1 Å². The van der Waals surface area contributed by atoms with E-state index in [0.29, 0.717) is 45.4 Å². The summed E-state index contributed by atoms with van der Waals surface area (Å²) in [5.74, 6) is 0.534. The van der Waals surface area contributed by atoms with Gasteiger partial charge in [0.15, 0.2) is 0 Å². The number of nitrogens with one attached hydrogen (secondary N) is 1. The first kappa shape index (κ1) is 22.0. The van der Waals surface area contributed by atoms with Crippen molar-refractivity contribution in [1.29, 1.82) is 0 Å². The van der Waals surface area contributed by atoms with Crippen LogP contribution in [0.1, 0.15) is 32.7 Å². The smallest absolute Gasteiger partial charge is 0.345 e. The van der Waals surface area contributed by atoms with E-state index in [-0.39, 0.29) is 13.3 Å². The predicted molar refractivity (Wildman–Crippen MR) is 123 cm³/mol. The molecule has 1 amide bonds. The van der Waals surface area contributed by atoms with Gasteiger partial charge in [-0.05, 0) is 49.9 Å². The van der Waals surface area contributed by atoms with Crippen molar-refractivity contribution in [2.24, 2.45) is 5.92 Å². The van der Waals surface area contributed by atoms with E-state index in [0.717, 1.165) is 41.5 Å². The van der Waals surface area contributed by atoms with Crippen molar-refractivity contribution < 1.29 is 24.5 Å². The van der Waals surface area contributed by atoms with Crippen LogP contribution in [0.2, 0.25) is 0 Å². The minimum Gasteiger partial charge on any atom is -0.378 e. The molecular weight excluding hydrogens is 430 g/mol. The normalized spacial score (nSPS) is 22.9. The number of carbonyl (C=O) groups excluding carboxylic acids is 1. The molecule has 7 nitrogen and oxygen atoms in total. The van der Waals surface area contributed by atoms with Crippen LogP contribution in [0.15, 0.2) is 36.5 Å². The highest BCUT2D eigenvalue weighted by molar-refractivity contribution is 6.00. The number of fused-ring (bicyclic) bond motifs is 2. The summed E-state index contributed by atoms with van der Waals surface area (Å²) in [6.07, 6.45) is 3.26. The highest BCUT2D eigenvalue weighted by Crippen LogP contribution is 2.40. The van der Waals surface area contributed by atoms with Gasteiger partial charge in [0.2, 0.25) is 5.91 Å². The maximum Gasteiger partial charge on any atom is 0.345 e. The van der Waals surface area contributed by atoms with Gasteiger partial charge in [-0.3, -0.25) is 4.79 Å². The Balaban J connectivity index is 0.00000274. The van der Waals surface area contributed by atoms with Crippen molar-refractivity contribution >= 4 is 28.8 Å². The third kappa shape index (κ3) is 4.79. The van der Waals surface area contributed by atoms with Gasteiger partial charge in [0.25, 0.3) is 0 Å². The first-order valence-corrected chi connectivity index (χ1v) is 11.5. The van der Waals surface area contributed by atoms with Gasteiger partial charge >= 0.3 is 6.61 Å². The zero-order valence-corrected chi connectivity index (χ0v) is 18.4. The van der Waals surface area contributed by atoms with E-state index in [1.165, 1.54) is 0 Å². The maximum atomic E-state index is 13.8. The average molecular weight is 461 g/mol. The standard InChI is InChI=1S/C24H28F2N4O3.H2/c25-24(26)33-19-6-3-16(4-7-19)23(31)30-15-17-2-1-9-27-22(17)28-20-8-5-18(14-21(20)30)29-10-12-32-13-11-29;/h1-2,5,8-9,14,16,19,24H,3-4,6-7,10-13,15H2,(H,27,28);1H. The van der Waals surface area contributed by atoms with Crippen LogP contribution >= 0.6 is 0 Å². The number of ether oxygens (including phenoxy) is 2. The Morgan fingerprint density at radius 2 is 1.97 bits per heavy atom. The minimum absolute atomic E-state index is 0. The summed E-state index contributed by atoms with van der Waals surface area (Å²) in [5, 5.41) is 3.40. The fourth-order valence-corrected chi connectivity index (χ4v) is 4.94. The Morgan fingerprint density at radius 3 is 2.73 bits per heavy atom. The van der Waals surface area contributed by atoms with Gasteiger partial charge in [-0.2, -0.15) is 8.78 Å². The number of aromatic nitrogens is 1.